The van der Waals surface area contributed by atoms with Gasteiger partial charge in [-0.3, -0.25) is 0 Å². The maximum atomic E-state index is 5.98. The first-order chi connectivity index (χ1) is 10.1. The summed E-state index contributed by atoms with van der Waals surface area (Å²) >= 11 is 12.0. The van der Waals surface area contributed by atoms with Gasteiger partial charge >= 0.3 is 6.01 Å². The zero-order valence-electron chi connectivity index (χ0n) is 11.5. The maximum Gasteiger partial charge on any atom is 0.322 e. The van der Waals surface area contributed by atoms with Crippen molar-refractivity contribution in [2.24, 2.45) is 0 Å². The molecule has 0 saturated heterocycles. The van der Waals surface area contributed by atoms with Crippen molar-refractivity contribution in [1.82, 2.24) is 10.1 Å². The Bertz CT molecular complexity index is 612. The molecule has 1 N–H and O–H groups in total. The average Bonchev–Trinajstić information content (AvgIpc) is 3.07. The van der Waals surface area contributed by atoms with E-state index in [1.807, 2.05) is 0 Å². The summed E-state index contributed by atoms with van der Waals surface area (Å²) in [6.45, 7) is 0. The first-order valence-corrected chi connectivity index (χ1v) is 7.49. The third-order valence-electron chi connectivity index (χ3n) is 3.59. The Morgan fingerprint density at radius 3 is 2.67 bits per heavy atom. The molecule has 1 aliphatic carbocycles. The summed E-state index contributed by atoms with van der Waals surface area (Å²) in [6, 6.07) is 5.86. The molecule has 5 nitrogen and oxygen atoms in total. The van der Waals surface area contributed by atoms with Gasteiger partial charge in [-0.2, -0.15) is 4.98 Å². The number of anilines is 1. The van der Waals surface area contributed by atoms with Gasteiger partial charge in [0.25, 0.3) is 0 Å². The Kier molecular flexibility index (Phi) is 4.33. The number of benzene rings is 1. The number of rotatable bonds is 4. The Morgan fingerprint density at radius 2 is 2.00 bits per heavy atom. The number of ether oxygens (including phenoxy) is 1. The number of nitrogens with one attached hydrogen (secondary N) is 1. The summed E-state index contributed by atoms with van der Waals surface area (Å²) in [4.78, 5) is 4.33. The fourth-order valence-corrected chi connectivity index (χ4v) is 3.07. The van der Waals surface area contributed by atoms with Gasteiger partial charge in [-0.25, -0.2) is 0 Å². The number of methoxy groups -OCH3 is 1. The Balaban J connectivity index is 1.71. The van der Waals surface area contributed by atoms with E-state index in [1.165, 1.54) is 0 Å². The minimum atomic E-state index is 0.297. The van der Waals surface area contributed by atoms with Crippen molar-refractivity contribution < 1.29 is 9.26 Å². The topological polar surface area (TPSA) is 60.2 Å². The zero-order valence-corrected chi connectivity index (χ0v) is 13.0. The van der Waals surface area contributed by atoms with Gasteiger partial charge in [0.05, 0.1) is 6.10 Å². The summed E-state index contributed by atoms with van der Waals surface area (Å²) in [5, 5.41) is 8.27. The summed E-state index contributed by atoms with van der Waals surface area (Å²) in [6.07, 6.45) is 3.31. The van der Waals surface area contributed by atoms with Gasteiger partial charge in [0.2, 0.25) is 5.82 Å². The van der Waals surface area contributed by atoms with Crippen molar-refractivity contribution in [2.75, 3.05) is 12.4 Å². The lowest BCUT2D eigenvalue weighted by molar-refractivity contribution is 0.108. The maximum absolute atomic E-state index is 5.98. The van der Waals surface area contributed by atoms with E-state index in [4.69, 9.17) is 32.5 Å². The fraction of sp³-hybridized carbons (Fsp3) is 0.429. The van der Waals surface area contributed by atoms with Crippen molar-refractivity contribution >= 4 is 29.2 Å². The van der Waals surface area contributed by atoms with Crippen LogP contribution in [0.2, 0.25) is 10.0 Å². The number of aromatic nitrogens is 2. The molecular formula is C14H15Cl2N3O2. The summed E-state index contributed by atoms with van der Waals surface area (Å²) in [5.41, 5.74) is 0.727. The van der Waals surface area contributed by atoms with Crippen molar-refractivity contribution in [3.05, 3.63) is 28.2 Å². The van der Waals surface area contributed by atoms with Crippen molar-refractivity contribution in [3.63, 3.8) is 0 Å². The molecule has 1 heterocycles. The van der Waals surface area contributed by atoms with Gasteiger partial charge in [-0.1, -0.05) is 28.4 Å². The second kappa shape index (κ2) is 6.22. The highest BCUT2D eigenvalue weighted by molar-refractivity contribution is 6.35. The zero-order chi connectivity index (χ0) is 14.8. The molecule has 21 heavy (non-hydrogen) atoms. The minimum Gasteiger partial charge on any atom is -0.381 e. The number of hydrogen-bond acceptors (Lipinski definition) is 5. The second-order valence-electron chi connectivity index (χ2n) is 5.09. The molecule has 0 aliphatic heterocycles. The molecule has 1 aromatic heterocycles. The molecule has 0 radical (unpaired) electrons. The molecule has 1 aliphatic rings. The van der Waals surface area contributed by atoms with E-state index < -0.39 is 0 Å². The minimum absolute atomic E-state index is 0.297. The Morgan fingerprint density at radius 1 is 1.24 bits per heavy atom. The van der Waals surface area contributed by atoms with Gasteiger partial charge < -0.3 is 14.6 Å². The van der Waals surface area contributed by atoms with Crippen molar-refractivity contribution in [3.8, 4) is 11.4 Å². The smallest absolute Gasteiger partial charge is 0.322 e. The largest absolute Gasteiger partial charge is 0.381 e. The third kappa shape index (κ3) is 3.48. The first kappa shape index (κ1) is 14.6. The molecule has 2 atom stereocenters. The molecule has 0 amide bonds. The highest BCUT2D eigenvalue weighted by Gasteiger charge is 2.25. The molecule has 7 heteroatoms. The predicted octanol–water partition coefficient (Wildman–Crippen LogP) is 4.02. The lowest BCUT2D eigenvalue weighted by Gasteiger charge is -2.09. The van der Waals surface area contributed by atoms with Crippen LogP contribution in [0.1, 0.15) is 19.3 Å². The molecule has 1 aromatic carbocycles. The normalized spacial score (nSPS) is 21.7. The van der Waals surface area contributed by atoms with Crippen LogP contribution >= 0.6 is 23.2 Å². The van der Waals surface area contributed by atoms with E-state index in [0.29, 0.717) is 34.0 Å². The molecule has 0 bridgehead atoms. The first-order valence-electron chi connectivity index (χ1n) is 6.73. The molecule has 0 spiro atoms. The van der Waals surface area contributed by atoms with Crippen LogP contribution < -0.4 is 5.32 Å². The number of halogens is 2. The van der Waals surface area contributed by atoms with Crippen LogP contribution in [-0.2, 0) is 4.74 Å². The number of hydrogen-bond donors (Lipinski definition) is 1. The lowest BCUT2D eigenvalue weighted by atomic mass is 10.2. The quantitative estimate of drug-likeness (QED) is 0.918. The summed E-state index contributed by atoms with van der Waals surface area (Å²) in [5.74, 6) is 0.461. The second-order valence-corrected chi connectivity index (χ2v) is 5.97. The van der Waals surface area contributed by atoms with Crippen LogP contribution in [0.5, 0.6) is 0 Å². The molecule has 1 fully saturated rings. The Labute approximate surface area is 132 Å². The number of nitrogens with zero attached hydrogens (tertiary/aromatic N) is 2. The SMILES string of the molecule is COC1CCC(Nc2nc(-c3cc(Cl)cc(Cl)c3)no2)C1. The predicted molar refractivity (Wildman–Crippen MR) is 81.8 cm³/mol. The van der Waals surface area contributed by atoms with Crippen molar-refractivity contribution in [2.45, 2.75) is 31.4 Å². The van der Waals surface area contributed by atoms with E-state index in [-0.39, 0.29) is 0 Å². The fourth-order valence-electron chi connectivity index (χ4n) is 2.54. The molecular weight excluding hydrogens is 313 g/mol. The highest BCUT2D eigenvalue weighted by atomic mass is 35.5. The van der Waals surface area contributed by atoms with E-state index in [9.17, 15) is 0 Å². The van der Waals surface area contributed by atoms with Crippen LogP contribution in [0, 0.1) is 0 Å². The third-order valence-corrected chi connectivity index (χ3v) is 4.03. The van der Waals surface area contributed by atoms with E-state index in [0.717, 1.165) is 24.8 Å². The molecule has 2 aromatic rings. The Hall–Kier alpha value is -1.30. The van der Waals surface area contributed by atoms with E-state index in [1.54, 1.807) is 25.3 Å². The average molecular weight is 328 g/mol. The van der Waals surface area contributed by atoms with Gasteiger partial charge in [-0.15, -0.1) is 0 Å². The van der Waals surface area contributed by atoms with E-state index >= 15 is 0 Å². The lowest BCUT2D eigenvalue weighted by Crippen LogP contribution is -2.17. The van der Waals surface area contributed by atoms with Crippen LogP contribution in [0.4, 0.5) is 6.01 Å². The van der Waals surface area contributed by atoms with Crippen LogP contribution in [0.25, 0.3) is 11.4 Å². The van der Waals surface area contributed by atoms with Gasteiger partial charge in [0.15, 0.2) is 0 Å². The standard InChI is InChI=1S/C14H15Cl2N3O2/c1-20-12-3-2-11(7-12)17-14-18-13(19-21-14)8-4-9(15)6-10(16)5-8/h4-6,11-12H,2-3,7H2,1H3,(H,17,18,19). The van der Waals surface area contributed by atoms with E-state index in [2.05, 4.69) is 15.5 Å². The molecule has 1 saturated carbocycles. The molecule has 3 rings (SSSR count). The van der Waals surface area contributed by atoms with Gasteiger partial charge in [-0.05, 0) is 37.5 Å². The van der Waals surface area contributed by atoms with Gasteiger partial charge in [0.1, 0.15) is 0 Å². The highest BCUT2D eigenvalue weighted by Crippen LogP contribution is 2.28. The summed E-state index contributed by atoms with van der Waals surface area (Å²) in [7, 11) is 1.74. The molecule has 112 valence electrons. The van der Waals surface area contributed by atoms with Crippen LogP contribution in [0.15, 0.2) is 22.7 Å². The van der Waals surface area contributed by atoms with Crippen LogP contribution in [0.3, 0.4) is 0 Å². The molecule has 2 unspecified atom stereocenters. The van der Waals surface area contributed by atoms with Crippen molar-refractivity contribution in [1.29, 1.82) is 0 Å². The summed E-state index contributed by atoms with van der Waals surface area (Å²) < 4.78 is 10.6. The van der Waals surface area contributed by atoms with Crippen LogP contribution in [-0.4, -0.2) is 29.4 Å². The monoisotopic (exact) mass is 327 g/mol. The van der Waals surface area contributed by atoms with Gasteiger partial charge in [0, 0.05) is 28.8 Å².